The van der Waals surface area contributed by atoms with Gasteiger partial charge in [-0.1, -0.05) is 6.07 Å². The van der Waals surface area contributed by atoms with Crippen LogP contribution in [-0.2, 0) is 0 Å². The van der Waals surface area contributed by atoms with Gasteiger partial charge in [0.15, 0.2) is 11.5 Å². The molecule has 7 heteroatoms. The van der Waals surface area contributed by atoms with Crippen LogP contribution in [0.3, 0.4) is 0 Å². The van der Waals surface area contributed by atoms with Crippen LogP contribution in [0.25, 0.3) is 5.65 Å². The van der Waals surface area contributed by atoms with Crippen molar-refractivity contribution in [3.63, 3.8) is 0 Å². The molecule has 1 aromatic carbocycles. The van der Waals surface area contributed by atoms with Gasteiger partial charge in [-0.2, -0.15) is 0 Å². The van der Waals surface area contributed by atoms with Gasteiger partial charge in [0, 0.05) is 6.20 Å². The van der Waals surface area contributed by atoms with E-state index in [4.69, 9.17) is 0 Å². The summed E-state index contributed by atoms with van der Waals surface area (Å²) < 4.78 is 14.7. The lowest BCUT2D eigenvalue weighted by atomic mass is 10.1. The van der Waals surface area contributed by atoms with Gasteiger partial charge in [0.1, 0.15) is 11.5 Å². The molecule has 1 N–H and O–H groups in total. The van der Waals surface area contributed by atoms with E-state index in [1.165, 1.54) is 16.5 Å². The lowest BCUT2D eigenvalue weighted by Gasteiger charge is -1.99. The molecule has 0 aliphatic carbocycles. The zero-order chi connectivity index (χ0) is 16.6. The maximum Gasteiger partial charge on any atom is 0.358 e. The number of fused-ring (bicyclic) bond motifs is 1. The monoisotopic (exact) mass is 312 g/mol. The van der Waals surface area contributed by atoms with Gasteiger partial charge < -0.3 is 5.11 Å². The second kappa shape index (κ2) is 5.60. The molecule has 0 unspecified atom stereocenters. The fourth-order valence-corrected chi connectivity index (χ4v) is 2.36. The highest BCUT2D eigenvalue weighted by Gasteiger charge is 2.18. The van der Waals surface area contributed by atoms with Gasteiger partial charge in [-0.3, -0.25) is 4.40 Å². The minimum atomic E-state index is -1.25. The third-order valence-electron chi connectivity index (χ3n) is 3.23. The predicted molar refractivity (Wildman–Crippen MR) is 82.2 cm³/mol. The van der Waals surface area contributed by atoms with Crippen LogP contribution < -0.4 is 0 Å². The average molecular weight is 312 g/mol. The minimum Gasteiger partial charge on any atom is -0.476 e. The number of carbonyl (C=O) groups is 1. The molecule has 3 aromatic rings. The van der Waals surface area contributed by atoms with E-state index in [1.807, 2.05) is 32.0 Å². The van der Waals surface area contributed by atoms with E-state index in [1.54, 1.807) is 0 Å². The Bertz CT molecular complexity index is 926. The summed E-state index contributed by atoms with van der Waals surface area (Å²) in [7, 11) is 0. The molecule has 0 spiro atoms. The SMILES string of the molecule is Cc1cc(C)cc(N=Nc2c(C(=O)O)nc3ccc(F)cn23)c1. The standard InChI is InChI=1S/C16H13FN4O2/c1-9-5-10(2)7-12(6-9)19-20-15-14(16(22)23)18-13-4-3-11(17)8-21(13)15/h3-8H,1-2H3,(H,22,23). The molecule has 0 fully saturated rings. The number of pyridine rings is 1. The normalized spacial score (nSPS) is 11.4. The van der Waals surface area contributed by atoms with Crippen molar-refractivity contribution >= 4 is 23.1 Å². The van der Waals surface area contributed by atoms with E-state index >= 15 is 0 Å². The molecule has 0 amide bonds. The number of benzene rings is 1. The minimum absolute atomic E-state index is 0.0221. The van der Waals surface area contributed by atoms with E-state index in [0.29, 0.717) is 5.69 Å². The number of carboxylic acid groups (broad SMARTS) is 1. The Balaban J connectivity index is 2.14. The van der Waals surface area contributed by atoms with E-state index in [9.17, 15) is 14.3 Å². The topological polar surface area (TPSA) is 79.3 Å². The summed E-state index contributed by atoms with van der Waals surface area (Å²) in [4.78, 5) is 15.3. The van der Waals surface area contributed by atoms with Crippen LogP contribution >= 0.6 is 0 Å². The molecule has 2 aromatic heterocycles. The van der Waals surface area contributed by atoms with Crippen LogP contribution in [0.15, 0.2) is 46.8 Å². The molecule has 0 atom stereocenters. The third kappa shape index (κ3) is 2.94. The molecule has 0 saturated heterocycles. The Morgan fingerprint density at radius 2 is 1.87 bits per heavy atom. The highest BCUT2D eigenvalue weighted by Crippen LogP contribution is 2.25. The number of carboxylic acids is 1. The van der Waals surface area contributed by atoms with Crippen molar-refractivity contribution in [2.75, 3.05) is 0 Å². The van der Waals surface area contributed by atoms with Gasteiger partial charge in [0.2, 0.25) is 0 Å². The summed E-state index contributed by atoms with van der Waals surface area (Å²) in [5.74, 6) is -1.79. The van der Waals surface area contributed by atoms with Crippen molar-refractivity contribution in [3.05, 3.63) is 59.2 Å². The number of halogens is 1. The summed E-state index contributed by atoms with van der Waals surface area (Å²) in [6.07, 6.45) is 1.13. The van der Waals surface area contributed by atoms with Gasteiger partial charge in [0.05, 0.1) is 5.69 Å². The van der Waals surface area contributed by atoms with Crippen LogP contribution in [0.2, 0.25) is 0 Å². The Morgan fingerprint density at radius 3 is 2.52 bits per heavy atom. The van der Waals surface area contributed by atoms with Gasteiger partial charge in [0.25, 0.3) is 0 Å². The summed E-state index contributed by atoms with van der Waals surface area (Å²) in [5.41, 5.74) is 2.63. The molecule has 0 bridgehead atoms. The molecular weight excluding hydrogens is 299 g/mol. The first-order valence-electron chi connectivity index (χ1n) is 6.85. The van der Waals surface area contributed by atoms with Crippen LogP contribution in [0.1, 0.15) is 21.6 Å². The molecule has 0 radical (unpaired) electrons. The molecule has 0 aliphatic rings. The highest BCUT2D eigenvalue weighted by molar-refractivity contribution is 5.91. The lowest BCUT2D eigenvalue weighted by Crippen LogP contribution is -1.96. The number of aromatic nitrogens is 2. The first-order valence-corrected chi connectivity index (χ1v) is 6.85. The van der Waals surface area contributed by atoms with Crippen LogP contribution in [0.4, 0.5) is 15.9 Å². The lowest BCUT2D eigenvalue weighted by molar-refractivity contribution is 0.0692. The van der Waals surface area contributed by atoms with Gasteiger partial charge in [-0.05, 0) is 49.2 Å². The summed E-state index contributed by atoms with van der Waals surface area (Å²) in [6, 6.07) is 8.23. The first kappa shape index (κ1) is 14.8. The number of imidazole rings is 1. The largest absolute Gasteiger partial charge is 0.476 e. The maximum absolute atomic E-state index is 13.4. The zero-order valence-corrected chi connectivity index (χ0v) is 12.5. The van der Waals surface area contributed by atoms with Crippen molar-refractivity contribution in [2.45, 2.75) is 13.8 Å². The second-order valence-electron chi connectivity index (χ2n) is 5.21. The fourth-order valence-electron chi connectivity index (χ4n) is 2.36. The summed E-state index contributed by atoms with van der Waals surface area (Å²) in [5, 5.41) is 17.3. The number of aryl methyl sites for hydroxylation is 2. The van der Waals surface area contributed by atoms with Gasteiger partial charge in [-0.25, -0.2) is 14.2 Å². The molecule has 3 rings (SSSR count). The van der Waals surface area contributed by atoms with Gasteiger partial charge >= 0.3 is 5.97 Å². The molecule has 116 valence electrons. The molecule has 23 heavy (non-hydrogen) atoms. The number of hydrogen-bond acceptors (Lipinski definition) is 4. The zero-order valence-electron chi connectivity index (χ0n) is 12.5. The number of rotatable bonds is 3. The fraction of sp³-hybridized carbons (Fsp3) is 0.125. The predicted octanol–water partition coefficient (Wildman–Crippen LogP) is 4.20. The Hall–Kier alpha value is -3.09. The van der Waals surface area contributed by atoms with Crippen molar-refractivity contribution < 1.29 is 14.3 Å². The molecule has 2 heterocycles. The number of nitrogens with zero attached hydrogens (tertiary/aromatic N) is 4. The van der Waals surface area contributed by atoms with Crippen LogP contribution in [0.5, 0.6) is 0 Å². The first-order chi connectivity index (χ1) is 10.9. The van der Waals surface area contributed by atoms with Crippen LogP contribution in [-0.4, -0.2) is 20.5 Å². The number of hydrogen-bond donors (Lipinski definition) is 1. The number of azo groups is 1. The second-order valence-corrected chi connectivity index (χ2v) is 5.21. The number of aromatic carboxylic acids is 1. The van der Waals surface area contributed by atoms with Gasteiger partial charge in [-0.15, -0.1) is 10.2 Å². The van der Waals surface area contributed by atoms with Crippen molar-refractivity contribution in [3.8, 4) is 0 Å². The van der Waals surface area contributed by atoms with Crippen molar-refractivity contribution in [2.24, 2.45) is 10.2 Å². The van der Waals surface area contributed by atoms with Crippen molar-refractivity contribution in [1.82, 2.24) is 9.38 Å². The van der Waals surface area contributed by atoms with E-state index in [0.717, 1.165) is 17.3 Å². The Morgan fingerprint density at radius 1 is 1.17 bits per heavy atom. The average Bonchev–Trinajstić information content (AvgIpc) is 2.82. The molecule has 0 aliphatic heterocycles. The highest BCUT2D eigenvalue weighted by atomic mass is 19.1. The smallest absolute Gasteiger partial charge is 0.358 e. The Kier molecular flexibility index (Phi) is 3.61. The molecule has 6 nitrogen and oxygen atoms in total. The van der Waals surface area contributed by atoms with Crippen LogP contribution in [0, 0.1) is 19.7 Å². The molecule has 0 saturated carbocycles. The van der Waals surface area contributed by atoms with Crippen molar-refractivity contribution in [1.29, 1.82) is 0 Å². The van der Waals surface area contributed by atoms with E-state index < -0.39 is 11.8 Å². The Labute approximate surface area is 130 Å². The maximum atomic E-state index is 13.4. The third-order valence-corrected chi connectivity index (χ3v) is 3.23. The quantitative estimate of drug-likeness (QED) is 0.736. The van der Waals surface area contributed by atoms with E-state index in [-0.39, 0.29) is 17.2 Å². The van der Waals surface area contributed by atoms with E-state index in [2.05, 4.69) is 15.2 Å². The summed E-state index contributed by atoms with van der Waals surface area (Å²) >= 11 is 0. The summed E-state index contributed by atoms with van der Waals surface area (Å²) in [6.45, 7) is 3.86. The molecular formula is C16H13FN4O2.